The molecule has 2 aromatic rings. The molecule has 124 valence electrons. The van der Waals surface area contributed by atoms with Gasteiger partial charge in [0.2, 0.25) is 0 Å². The molecule has 0 radical (unpaired) electrons. The van der Waals surface area contributed by atoms with E-state index in [2.05, 4.69) is 10.3 Å². The minimum absolute atomic E-state index is 0.0408. The van der Waals surface area contributed by atoms with Gasteiger partial charge in [0.05, 0.1) is 12.1 Å². The molecule has 2 aliphatic rings. The summed E-state index contributed by atoms with van der Waals surface area (Å²) in [7, 11) is 0. The minimum Gasteiger partial charge on any atom is -0.393 e. The molecule has 1 aliphatic heterocycles. The first-order chi connectivity index (χ1) is 11.7. The lowest BCUT2D eigenvalue weighted by atomic mass is 9.74. The number of fused-ring (bicyclic) bond motifs is 1. The number of benzene rings is 1. The molecule has 1 aromatic carbocycles. The van der Waals surface area contributed by atoms with Crippen molar-refractivity contribution < 1.29 is 5.11 Å². The number of aromatic nitrogens is 1. The normalized spacial score (nSPS) is 29.3. The number of pyridine rings is 1. The van der Waals surface area contributed by atoms with E-state index in [0.29, 0.717) is 5.02 Å². The molecule has 0 bridgehead atoms. The molecule has 2 heterocycles. The van der Waals surface area contributed by atoms with E-state index in [1.807, 2.05) is 42.6 Å². The maximum atomic E-state index is 10.6. The Morgan fingerprint density at radius 1 is 1.12 bits per heavy atom. The van der Waals surface area contributed by atoms with Gasteiger partial charge in [0, 0.05) is 34.9 Å². The first-order valence-electron chi connectivity index (χ1n) is 8.41. The Labute approximate surface area is 146 Å². The number of rotatable bonds is 2. The van der Waals surface area contributed by atoms with Crippen molar-refractivity contribution in [1.82, 2.24) is 10.3 Å². The van der Waals surface area contributed by atoms with Gasteiger partial charge in [0.15, 0.2) is 0 Å². The fourth-order valence-electron chi connectivity index (χ4n) is 3.89. The Bertz CT molecular complexity index is 749. The predicted octanol–water partition coefficient (Wildman–Crippen LogP) is 3.36. The second-order valence-corrected chi connectivity index (χ2v) is 6.92. The average Bonchev–Trinajstić information content (AvgIpc) is 2.62. The van der Waals surface area contributed by atoms with Crippen molar-refractivity contribution in [3.63, 3.8) is 0 Å². The zero-order valence-corrected chi connectivity index (χ0v) is 14.0. The molecule has 2 N–H and O–H groups in total. The Morgan fingerprint density at radius 3 is 2.79 bits per heavy atom. The van der Waals surface area contributed by atoms with E-state index < -0.39 is 0 Å². The number of hydrogen-bond donors (Lipinski definition) is 2. The Hall–Kier alpha value is -1.91. The van der Waals surface area contributed by atoms with E-state index in [1.165, 1.54) is 0 Å². The van der Waals surface area contributed by atoms with E-state index in [4.69, 9.17) is 16.6 Å². The summed E-state index contributed by atoms with van der Waals surface area (Å²) in [5.41, 5.74) is 1.95. The van der Waals surface area contributed by atoms with Crippen LogP contribution in [-0.4, -0.2) is 28.1 Å². The molecule has 4 unspecified atom stereocenters. The molecule has 0 amide bonds. The third kappa shape index (κ3) is 2.80. The van der Waals surface area contributed by atoms with Crippen LogP contribution in [0.4, 0.5) is 0 Å². The SMILES string of the molecule is OC1CCCC2NC(c3cccnc3)=NC(c3ccccc3Cl)C12. The first kappa shape index (κ1) is 15.6. The zero-order chi connectivity index (χ0) is 16.5. The number of amidine groups is 1. The van der Waals surface area contributed by atoms with Crippen LogP contribution in [0.1, 0.15) is 36.4 Å². The number of halogens is 1. The van der Waals surface area contributed by atoms with Crippen LogP contribution in [0.15, 0.2) is 53.8 Å². The Morgan fingerprint density at radius 2 is 2.00 bits per heavy atom. The van der Waals surface area contributed by atoms with Crippen LogP contribution in [0.5, 0.6) is 0 Å². The molecule has 0 spiro atoms. The number of nitrogens with zero attached hydrogens (tertiary/aromatic N) is 2. The van der Waals surface area contributed by atoms with E-state index >= 15 is 0 Å². The smallest absolute Gasteiger partial charge is 0.130 e. The second kappa shape index (κ2) is 6.54. The second-order valence-electron chi connectivity index (χ2n) is 6.51. The van der Waals surface area contributed by atoms with Gasteiger partial charge >= 0.3 is 0 Å². The summed E-state index contributed by atoms with van der Waals surface area (Å²) in [5.74, 6) is 0.877. The highest BCUT2D eigenvalue weighted by Crippen LogP contribution is 2.42. The zero-order valence-electron chi connectivity index (χ0n) is 13.3. The monoisotopic (exact) mass is 341 g/mol. The third-order valence-corrected chi connectivity index (χ3v) is 5.38. The van der Waals surface area contributed by atoms with Crippen LogP contribution < -0.4 is 5.32 Å². The van der Waals surface area contributed by atoms with Gasteiger partial charge in [-0.1, -0.05) is 29.8 Å². The van der Waals surface area contributed by atoms with Crippen LogP contribution >= 0.6 is 11.6 Å². The van der Waals surface area contributed by atoms with Crippen LogP contribution in [0.3, 0.4) is 0 Å². The van der Waals surface area contributed by atoms with E-state index in [-0.39, 0.29) is 24.1 Å². The lowest BCUT2D eigenvalue weighted by molar-refractivity contribution is 0.0343. The van der Waals surface area contributed by atoms with E-state index in [9.17, 15) is 5.11 Å². The highest BCUT2D eigenvalue weighted by Gasteiger charge is 2.42. The van der Waals surface area contributed by atoms with Crippen LogP contribution in [0.2, 0.25) is 5.02 Å². The topological polar surface area (TPSA) is 57.5 Å². The fourth-order valence-corrected chi connectivity index (χ4v) is 4.14. The summed E-state index contributed by atoms with van der Waals surface area (Å²) < 4.78 is 0. The van der Waals surface area contributed by atoms with Crippen molar-refractivity contribution >= 4 is 17.4 Å². The van der Waals surface area contributed by atoms with Crippen molar-refractivity contribution in [3.05, 3.63) is 64.9 Å². The Balaban J connectivity index is 1.81. The van der Waals surface area contributed by atoms with E-state index in [1.54, 1.807) is 6.20 Å². The molecule has 1 aromatic heterocycles. The fraction of sp³-hybridized carbons (Fsp3) is 0.368. The van der Waals surface area contributed by atoms with Gasteiger partial charge in [0.1, 0.15) is 5.84 Å². The maximum Gasteiger partial charge on any atom is 0.130 e. The van der Waals surface area contributed by atoms with Gasteiger partial charge < -0.3 is 10.4 Å². The number of aliphatic hydroxyl groups excluding tert-OH is 1. The van der Waals surface area contributed by atoms with Gasteiger partial charge in [-0.05, 0) is 43.0 Å². The Kier molecular flexibility index (Phi) is 4.25. The van der Waals surface area contributed by atoms with Gasteiger partial charge in [-0.3, -0.25) is 9.98 Å². The molecule has 1 fully saturated rings. The summed E-state index contributed by atoms with van der Waals surface area (Å²) in [6.07, 6.45) is 6.08. The largest absolute Gasteiger partial charge is 0.393 e. The summed E-state index contributed by atoms with van der Waals surface area (Å²) >= 11 is 6.45. The summed E-state index contributed by atoms with van der Waals surface area (Å²) in [4.78, 5) is 9.14. The minimum atomic E-state index is -0.364. The van der Waals surface area contributed by atoms with Crippen LogP contribution in [-0.2, 0) is 0 Å². The number of hydrogen-bond acceptors (Lipinski definition) is 4. The van der Waals surface area contributed by atoms with Gasteiger partial charge in [-0.2, -0.15) is 0 Å². The predicted molar refractivity (Wildman–Crippen MR) is 95.2 cm³/mol. The van der Waals surface area contributed by atoms with Gasteiger partial charge in [-0.25, -0.2) is 0 Å². The molecule has 0 saturated heterocycles. The standard InChI is InChI=1S/C19H20ClN3O/c20-14-7-2-1-6-13(14)18-17-15(8-3-9-16(17)24)22-19(23-18)12-5-4-10-21-11-12/h1-2,4-7,10-11,15-18,24H,3,8-9H2,(H,22,23). The molecule has 4 atom stereocenters. The number of aliphatic imine (C=N–C) groups is 1. The quantitative estimate of drug-likeness (QED) is 0.880. The average molecular weight is 342 g/mol. The van der Waals surface area contributed by atoms with Crippen molar-refractivity contribution in [2.75, 3.05) is 0 Å². The number of nitrogens with one attached hydrogen (secondary N) is 1. The third-order valence-electron chi connectivity index (χ3n) is 5.04. The molecule has 1 aliphatic carbocycles. The molecule has 24 heavy (non-hydrogen) atoms. The van der Waals surface area contributed by atoms with Gasteiger partial charge in [-0.15, -0.1) is 0 Å². The maximum absolute atomic E-state index is 10.6. The highest BCUT2D eigenvalue weighted by atomic mass is 35.5. The van der Waals surface area contributed by atoms with Crippen molar-refractivity contribution in [1.29, 1.82) is 0 Å². The van der Waals surface area contributed by atoms with Crippen LogP contribution in [0, 0.1) is 5.92 Å². The molecule has 4 nitrogen and oxygen atoms in total. The molecular formula is C19H20ClN3O. The summed E-state index contributed by atoms with van der Waals surface area (Å²) in [5, 5.41) is 14.9. The lowest BCUT2D eigenvalue weighted by Gasteiger charge is -2.43. The summed E-state index contributed by atoms with van der Waals surface area (Å²) in [6, 6.07) is 11.8. The van der Waals surface area contributed by atoms with Crippen LogP contribution in [0.25, 0.3) is 0 Å². The lowest BCUT2D eigenvalue weighted by Crippen LogP contribution is -2.53. The molecule has 4 rings (SSSR count). The molecule has 1 saturated carbocycles. The molecule has 5 heteroatoms. The summed E-state index contributed by atoms with van der Waals surface area (Å²) in [6.45, 7) is 0. The first-order valence-corrected chi connectivity index (χ1v) is 8.79. The highest BCUT2D eigenvalue weighted by molar-refractivity contribution is 6.31. The number of aliphatic hydroxyl groups is 1. The van der Waals surface area contributed by atoms with Crippen molar-refractivity contribution in [2.45, 2.75) is 37.5 Å². The van der Waals surface area contributed by atoms with E-state index in [0.717, 1.165) is 36.2 Å². The van der Waals surface area contributed by atoms with Gasteiger partial charge in [0.25, 0.3) is 0 Å². The molecular weight excluding hydrogens is 322 g/mol. The van der Waals surface area contributed by atoms with Crippen molar-refractivity contribution in [3.8, 4) is 0 Å². The van der Waals surface area contributed by atoms with Crippen molar-refractivity contribution in [2.24, 2.45) is 10.9 Å².